The number of aromatic nitrogens is 2. The predicted octanol–water partition coefficient (Wildman–Crippen LogP) is 7.41. The minimum atomic E-state index is -0.637. The van der Waals surface area contributed by atoms with Crippen LogP contribution in [0.4, 0.5) is 27.7 Å². The van der Waals surface area contributed by atoms with Crippen LogP contribution in [-0.2, 0) is 7.05 Å². The summed E-state index contributed by atoms with van der Waals surface area (Å²) < 4.78 is 6.78. The van der Waals surface area contributed by atoms with Crippen LogP contribution < -0.4 is 25.8 Å². The van der Waals surface area contributed by atoms with E-state index in [0.29, 0.717) is 34.9 Å². The Morgan fingerprint density at radius 3 is 2.27 bits per heavy atom. The number of carbonyl (C=O) groups excluding carboxylic acids is 2. The molecule has 0 spiro atoms. The molecule has 2 N–H and O–H groups in total. The van der Waals surface area contributed by atoms with Crippen LogP contribution in [0, 0.1) is 12.8 Å². The molecule has 0 aliphatic rings. The number of benzene rings is 4. The van der Waals surface area contributed by atoms with E-state index < -0.39 is 6.09 Å². The Hall–Kier alpha value is -5.70. The second kappa shape index (κ2) is 13.7. The van der Waals surface area contributed by atoms with Crippen molar-refractivity contribution in [3.63, 3.8) is 0 Å². The van der Waals surface area contributed by atoms with Crippen LogP contribution >= 0.6 is 0 Å². The maximum atomic E-state index is 13.6. The first-order valence-electron chi connectivity index (χ1n) is 14.6. The van der Waals surface area contributed by atoms with Crippen LogP contribution in [-0.4, -0.2) is 28.1 Å². The number of anilines is 4. The number of aryl methyl sites for hydroxylation is 1. The lowest BCUT2D eigenvalue weighted by atomic mass is 10.0. The molecular weight excluding hydrogens is 566 g/mol. The zero-order valence-corrected chi connectivity index (χ0v) is 25.7. The van der Waals surface area contributed by atoms with Crippen molar-refractivity contribution in [2.75, 3.05) is 22.1 Å². The van der Waals surface area contributed by atoms with Gasteiger partial charge in [-0.15, -0.1) is 0 Å². The van der Waals surface area contributed by atoms with Gasteiger partial charge in [0, 0.05) is 48.0 Å². The van der Waals surface area contributed by atoms with Crippen LogP contribution in [0.25, 0.3) is 11.3 Å². The first kappa shape index (κ1) is 30.7. The Morgan fingerprint density at radius 2 is 1.56 bits per heavy atom. The van der Waals surface area contributed by atoms with Crippen molar-refractivity contribution in [1.29, 1.82) is 0 Å². The molecule has 0 bridgehead atoms. The number of para-hydroxylation sites is 1. The van der Waals surface area contributed by atoms with E-state index >= 15 is 0 Å². The molecule has 5 aromatic rings. The van der Waals surface area contributed by atoms with E-state index in [1.165, 1.54) is 4.57 Å². The molecule has 0 aliphatic heterocycles. The Labute approximate surface area is 262 Å². The van der Waals surface area contributed by atoms with Crippen molar-refractivity contribution in [2.45, 2.75) is 20.8 Å². The summed E-state index contributed by atoms with van der Waals surface area (Å²) in [6, 6.07) is 30.7. The number of amides is 2. The monoisotopic (exact) mass is 601 g/mol. The summed E-state index contributed by atoms with van der Waals surface area (Å²) >= 11 is 0. The smallest absolute Gasteiger partial charge is 0.410 e. The number of ether oxygens (including phenoxy) is 1. The predicted molar refractivity (Wildman–Crippen MR) is 178 cm³/mol. The van der Waals surface area contributed by atoms with E-state index in [1.807, 2.05) is 61.5 Å². The van der Waals surface area contributed by atoms with Crippen LogP contribution in [0.3, 0.4) is 0 Å². The molecule has 228 valence electrons. The lowest BCUT2D eigenvalue weighted by molar-refractivity contribution is 0.0983. The highest BCUT2D eigenvalue weighted by Gasteiger charge is 2.22. The van der Waals surface area contributed by atoms with E-state index in [9.17, 15) is 14.4 Å². The minimum Gasteiger partial charge on any atom is -0.410 e. The molecular formula is C36H35N5O4. The number of nitrogens with one attached hydrogen (secondary N) is 2. The van der Waals surface area contributed by atoms with Gasteiger partial charge in [0.05, 0.1) is 5.69 Å². The molecule has 2 amide bonds. The van der Waals surface area contributed by atoms with Crippen molar-refractivity contribution >= 4 is 34.9 Å². The molecule has 1 aromatic heterocycles. The molecule has 4 aromatic carbocycles. The van der Waals surface area contributed by atoms with Crippen molar-refractivity contribution < 1.29 is 14.3 Å². The first-order chi connectivity index (χ1) is 21.7. The fourth-order valence-electron chi connectivity index (χ4n) is 4.95. The van der Waals surface area contributed by atoms with Crippen molar-refractivity contribution in [3.8, 4) is 17.0 Å². The molecule has 5 rings (SSSR count). The normalized spacial score (nSPS) is 10.8. The van der Waals surface area contributed by atoms with Gasteiger partial charge in [-0.2, -0.15) is 0 Å². The number of hydrogen-bond acceptors (Lipinski definition) is 6. The van der Waals surface area contributed by atoms with E-state index in [0.717, 1.165) is 16.8 Å². The second-order valence-corrected chi connectivity index (χ2v) is 11.0. The highest BCUT2D eigenvalue weighted by Crippen LogP contribution is 2.32. The third-order valence-electron chi connectivity index (χ3n) is 7.08. The van der Waals surface area contributed by atoms with Gasteiger partial charge in [-0.1, -0.05) is 68.4 Å². The van der Waals surface area contributed by atoms with Gasteiger partial charge in [-0.05, 0) is 66.9 Å². The molecule has 0 atom stereocenters. The van der Waals surface area contributed by atoms with Crippen LogP contribution in [0.15, 0.2) is 114 Å². The molecule has 0 aliphatic carbocycles. The van der Waals surface area contributed by atoms with Gasteiger partial charge in [-0.3, -0.25) is 14.9 Å². The van der Waals surface area contributed by atoms with Gasteiger partial charge < -0.3 is 19.5 Å². The quantitative estimate of drug-likeness (QED) is 0.182. The average Bonchev–Trinajstić information content (AvgIpc) is 3.03. The molecule has 0 fully saturated rings. The average molecular weight is 602 g/mol. The maximum absolute atomic E-state index is 13.6. The Morgan fingerprint density at radius 1 is 0.889 bits per heavy atom. The second-order valence-electron chi connectivity index (χ2n) is 11.0. The van der Waals surface area contributed by atoms with E-state index in [4.69, 9.17) is 9.72 Å². The lowest BCUT2D eigenvalue weighted by Crippen LogP contribution is -2.34. The van der Waals surface area contributed by atoms with Gasteiger partial charge in [0.15, 0.2) is 5.82 Å². The zero-order chi connectivity index (χ0) is 31.9. The van der Waals surface area contributed by atoms with Crippen LogP contribution in [0.5, 0.6) is 5.75 Å². The van der Waals surface area contributed by atoms with E-state index in [1.54, 1.807) is 66.7 Å². The Balaban J connectivity index is 1.43. The zero-order valence-electron chi connectivity index (χ0n) is 25.7. The Kier molecular flexibility index (Phi) is 9.38. The van der Waals surface area contributed by atoms with Gasteiger partial charge in [0.1, 0.15) is 5.75 Å². The van der Waals surface area contributed by atoms with Crippen LogP contribution in [0.2, 0.25) is 0 Å². The highest BCUT2D eigenvalue weighted by atomic mass is 16.6. The SMILES string of the molecule is Cc1c(-c2cn(C)c(=O)c(Nc3cccc(NC(=O)Oc4ccccc4)c3)n2)cccc1N(CC(C)C)C(=O)c1ccccc1. The summed E-state index contributed by atoms with van der Waals surface area (Å²) in [5.74, 6) is 0.687. The molecule has 9 heteroatoms. The minimum absolute atomic E-state index is 0.0820. The maximum Gasteiger partial charge on any atom is 0.417 e. The molecule has 9 nitrogen and oxygen atoms in total. The van der Waals surface area contributed by atoms with E-state index in [2.05, 4.69) is 24.5 Å². The summed E-state index contributed by atoms with van der Waals surface area (Å²) in [6.45, 7) is 6.65. The van der Waals surface area contributed by atoms with Crippen molar-refractivity contribution in [1.82, 2.24) is 9.55 Å². The van der Waals surface area contributed by atoms with Gasteiger partial charge in [0.25, 0.3) is 11.5 Å². The van der Waals surface area contributed by atoms with Gasteiger partial charge in [-0.25, -0.2) is 9.78 Å². The van der Waals surface area contributed by atoms with Crippen molar-refractivity contribution in [2.24, 2.45) is 13.0 Å². The molecule has 0 unspecified atom stereocenters. The number of carbonyl (C=O) groups is 2. The summed E-state index contributed by atoms with van der Waals surface area (Å²) in [5.41, 5.74) is 4.32. The third kappa shape index (κ3) is 7.45. The first-order valence-corrected chi connectivity index (χ1v) is 14.6. The Bertz CT molecular complexity index is 1870. The molecule has 0 saturated carbocycles. The van der Waals surface area contributed by atoms with Gasteiger partial charge in [0.2, 0.25) is 0 Å². The largest absolute Gasteiger partial charge is 0.417 e. The number of nitrogens with zero attached hydrogens (tertiary/aromatic N) is 3. The molecule has 1 heterocycles. The third-order valence-corrected chi connectivity index (χ3v) is 7.08. The molecule has 45 heavy (non-hydrogen) atoms. The lowest BCUT2D eigenvalue weighted by Gasteiger charge is -2.27. The van der Waals surface area contributed by atoms with E-state index in [-0.39, 0.29) is 23.2 Å². The molecule has 0 saturated heterocycles. The standard InChI is InChI=1S/C36H35N5O4/c1-24(2)22-41(34(42)26-13-7-5-8-14-26)32-20-12-19-30(25(32)3)31-23-40(4)35(43)33(39-31)37-27-15-11-16-28(21-27)38-36(44)45-29-17-9-6-10-18-29/h5-21,23-24H,22H2,1-4H3,(H,37,39)(H,38,44). The fourth-order valence-corrected chi connectivity index (χ4v) is 4.95. The van der Waals surface area contributed by atoms with Gasteiger partial charge >= 0.3 is 6.09 Å². The summed E-state index contributed by atoms with van der Waals surface area (Å²) in [6.07, 6.45) is 1.05. The summed E-state index contributed by atoms with van der Waals surface area (Å²) in [4.78, 5) is 45.7. The number of rotatable bonds is 9. The summed E-state index contributed by atoms with van der Waals surface area (Å²) in [7, 11) is 1.67. The highest BCUT2D eigenvalue weighted by molar-refractivity contribution is 6.07. The molecule has 0 radical (unpaired) electrons. The van der Waals surface area contributed by atoms with Crippen LogP contribution in [0.1, 0.15) is 29.8 Å². The topological polar surface area (TPSA) is 106 Å². The summed E-state index contributed by atoms with van der Waals surface area (Å²) in [5, 5.41) is 5.81. The van der Waals surface area contributed by atoms with Crippen molar-refractivity contribution in [3.05, 3.63) is 131 Å². The fraction of sp³-hybridized carbons (Fsp3) is 0.167. The number of hydrogen-bond donors (Lipinski definition) is 2.